The zero-order chi connectivity index (χ0) is 16.0. The van der Waals surface area contributed by atoms with Crippen LogP contribution in [0.15, 0.2) is 29.2 Å². The molecule has 1 atom stereocenters. The van der Waals surface area contributed by atoms with E-state index in [1.165, 1.54) is 11.8 Å². The molecule has 0 aliphatic heterocycles. The van der Waals surface area contributed by atoms with Crippen molar-refractivity contribution < 1.29 is 13.2 Å². The van der Waals surface area contributed by atoms with E-state index >= 15 is 0 Å². The summed E-state index contributed by atoms with van der Waals surface area (Å²) in [6.45, 7) is 3.47. The van der Waals surface area contributed by atoms with Gasteiger partial charge in [-0.3, -0.25) is 4.79 Å². The van der Waals surface area contributed by atoms with Crippen LogP contribution in [0.2, 0.25) is 0 Å². The van der Waals surface area contributed by atoms with Crippen LogP contribution in [0.3, 0.4) is 0 Å². The van der Waals surface area contributed by atoms with E-state index in [1.807, 2.05) is 12.1 Å². The molecule has 1 amide bonds. The molecular weight excluding hydrogens is 310 g/mol. The molecule has 0 aromatic heterocycles. The summed E-state index contributed by atoms with van der Waals surface area (Å²) in [5.41, 5.74) is 11.5. The van der Waals surface area contributed by atoms with Crippen molar-refractivity contribution in [2.75, 3.05) is 17.2 Å². The Balaban J connectivity index is 2.55. The van der Waals surface area contributed by atoms with Crippen molar-refractivity contribution in [2.24, 2.45) is 11.7 Å². The third-order valence-corrected chi connectivity index (χ3v) is 5.37. The fourth-order valence-corrected chi connectivity index (χ4v) is 4.38. The number of nitrogen functional groups attached to an aromatic ring is 1. The highest BCUT2D eigenvalue weighted by Crippen LogP contribution is 2.20. The second-order valence-electron chi connectivity index (χ2n) is 4.98. The molecule has 0 aliphatic rings. The molecule has 8 heteroatoms. The largest absolute Gasteiger partial charge is 0.399 e. The van der Waals surface area contributed by atoms with Gasteiger partial charge >= 0.3 is 0 Å². The predicted molar refractivity (Wildman–Crippen MR) is 86.3 cm³/mol. The first-order valence-electron chi connectivity index (χ1n) is 6.49. The van der Waals surface area contributed by atoms with Gasteiger partial charge < -0.3 is 11.5 Å². The number of carbonyl (C=O) groups is 1. The van der Waals surface area contributed by atoms with Crippen LogP contribution in [0.4, 0.5) is 5.69 Å². The summed E-state index contributed by atoms with van der Waals surface area (Å²) in [4.78, 5) is 12.1. The van der Waals surface area contributed by atoms with Crippen molar-refractivity contribution in [3.63, 3.8) is 0 Å². The molecule has 0 bridgehead atoms. The highest BCUT2D eigenvalue weighted by molar-refractivity contribution is 8.00. The SMILES string of the molecule is CC(C)C(NS(=O)(=O)CCSc1cccc(N)c1)C(N)=O. The molecule has 1 aromatic rings. The maximum atomic E-state index is 12.0. The second kappa shape index (κ2) is 7.67. The molecule has 0 saturated heterocycles. The summed E-state index contributed by atoms with van der Waals surface area (Å²) in [6.07, 6.45) is 0. The highest BCUT2D eigenvalue weighted by Gasteiger charge is 2.25. The Labute approximate surface area is 129 Å². The molecule has 21 heavy (non-hydrogen) atoms. The molecule has 0 spiro atoms. The summed E-state index contributed by atoms with van der Waals surface area (Å²) in [5, 5.41) is 0. The fourth-order valence-electron chi connectivity index (χ4n) is 1.65. The third kappa shape index (κ3) is 6.36. The first kappa shape index (κ1) is 17.8. The van der Waals surface area contributed by atoms with Gasteiger partial charge in [0.1, 0.15) is 6.04 Å². The number of sulfonamides is 1. The average molecular weight is 331 g/mol. The van der Waals surface area contributed by atoms with Gasteiger partial charge in [0, 0.05) is 16.3 Å². The number of amides is 1. The number of nitrogens with one attached hydrogen (secondary N) is 1. The molecule has 0 aliphatic carbocycles. The molecule has 1 rings (SSSR count). The van der Waals surface area contributed by atoms with Crippen molar-refractivity contribution in [3.8, 4) is 0 Å². The minimum atomic E-state index is -3.55. The van der Waals surface area contributed by atoms with Gasteiger partial charge in [0.05, 0.1) is 5.75 Å². The van der Waals surface area contributed by atoms with E-state index in [0.717, 1.165) is 4.90 Å². The maximum absolute atomic E-state index is 12.0. The molecule has 1 unspecified atom stereocenters. The van der Waals surface area contributed by atoms with Crippen molar-refractivity contribution in [3.05, 3.63) is 24.3 Å². The van der Waals surface area contributed by atoms with Gasteiger partial charge in [0.15, 0.2) is 0 Å². The fraction of sp³-hybridized carbons (Fsp3) is 0.462. The van der Waals surface area contributed by atoms with Crippen LogP contribution < -0.4 is 16.2 Å². The number of anilines is 1. The van der Waals surface area contributed by atoms with Crippen molar-refractivity contribution in [1.82, 2.24) is 4.72 Å². The van der Waals surface area contributed by atoms with Crippen LogP contribution in [-0.4, -0.2) is 31.9 Å². The topological polar surface area (TPSA) is 115 Å². The molecule has 6 nitrogen and oxygen atoms in total. The smallest absolute Gasteiger partial charge is 0.235 e. The van der Waals surface area contributed by atoms with Crippen molar-refractivity contribution >= 4 is 33.4 Å². The van der Waals surface area contributed by atoms with Crippen LogP contribution in [0.5, 0.6) is 0 Å². The average Bonchev–Trinajstić information content (AvgIpc) is 2.35. The maximum Gasteiger partial charge on any atom is 0.235 e. The third-order valence-electron chi connectivity index (χ3n) is 2.76. The predicted octanol–water partition coefficient (Wildman–Crippen LogP) is 0.790. The lowest BCUT2D eigenvalue weighted by molar-refractivity contribution is -0.120. The number of thioether (sulfide) groups is 1. The highest BCUT2D eigenvalue weighted by atomic mass is 32.2. The number of nitrogens with two attached hydrogens (primary N) is 2. The minimum Gasteiger partial charge on any atom is -0.399 e. The lowest BCUT2D eigenvalue weighted by Gasteiger charge is -2.18. The molecular formula is C13H21N3O3S2. The summed E-state index contributed by atoms with van der Waals surface area (Å²) < 4.78 is 26.2. The van der Waals surface area contributed by atoms with Crippen molar-refractivity contribution in [2.45, 2.75) is 24.8 Å². The molecule has 0 radical (unpaired) electrons. The van der Waals surface area contributed by atoms with E-state index in [0.29, 0.717) is 11.4 Å². The monoisotopic (exact) mass is 331 g/mol. The van der Waals surface area contributed by atoms with Gasteiger partial charge in [-0.25, -0.2) is 13.1 Å². The number of primary amides is 1. The van der Waals surface area contributed by atoms with Crippen LogP contribution in [0.25, 0.3) is 0 Å². The Bertz CT molecular complexity index is 588. The number of carbonyl (C=O) groups excluding carboxylic acids is 1. The number of hydrogen-bond donors (Lipinski definition) is 3. The normalized spacial score (nSPS) is 13.3. The number of rotatable bonds is 8. The standard InChI is InChI=1S/C13H21N3O3S2/c1-9(2)12(13(15)17)16-21(18,19)7-6-20-11-5-3-4-10(14)8-11/h3-5,8-9,12,16H,6-7,14H2,1-2H3,(H2,15,17). The lowest BCUT2D eigenvalue weighted by atomic mass is 10.1. The van der Waals surface area contributed by atoms with E-state index in [-0.39, 0.29) is 11.7 Å². The molecule has 0 fully saturated rings. The molecule has 1 aromatic carbocycles. The minimum absolute atomic E-state index is 0.0943. The molecule has 5 N–H and O–H groups in total. The van der Waals surface area contributed by atoms with Gasteiger partial charge in [-0.2, -0.15) is 0 Å². The summed E-state index contributed by atoms with van der Waals surface area (Å²) in [5.74, 6) is -0.596. The Hall–Kier alpha value is -1.25. The quantitative estimate of drug-likeness (QED) is 0.481. The van der Waals surface area contributed by atoms with E-state index in [2.05, 4.69) is 4.72 Å². The summed E-state index contributed by atoms with van der Waals surface area (Å²) in [6, 6.07) is 6.34. The van der Waals surface area contributed by atoms with Gasteiger partial charge in [0.2, 0.25) is 15.9 Å². The van der Waals surface area contributed by atoms with E-state index in [4.69, 9.17) is 11.5 Å². The summed E-state index contributed by atoms with van der Waals surface area (Å²) >= 11 is 1.39. The van der Waals surface area contributed by atoms with Gasteiger partial charge in [0.25, 0.3) is 0 Å². The molecule has 0 saturated carbocycles. The number of benzene rings is 1. The van der Waals surface area contributed by atoms with Crippen LogP contribution in [-0.2, 0) is 14.8 Å². The van der Waals surface area contributed by atoms with Gasteiger partial charge in [-0.05, 0) is 24.1 Å². The first-order chi connectivity index (χ1) is 9.71. The van der Waals surface area contributed by atoms with Gasteiger partial charge in [-0.1, -0.05) is 19.9 Å². The lowest BCUT2D eigenvalue weighted by Crippen LogP contribution is -2.48. The summed E-state index contributed by atoms with van der Waals surface area (Å²) in [7, 11) is -3.55. The zero-order valence-corrected chi connectivity index (χ0v) is 13.7. The van der Waals surface area contributed by atoms with Crippen molar-refractivity contribution in [1.29, 1.82) is 0 Å². The van der Waals surface area contributed by atoms with E-state index in [9.17, 15) is 13.2 Å². The Kier molecular flexibility index (Phi) is 6.50. The zero-order valence-electron chi connectivity index (χ0n) is 12.1. The van der Waals surface area contributed by atoms with E-state index in [1.54, 1.807) is 26.0 Å². The second-order valence-corrected chi connectivity index (χ2v) is 8.02. The van der Waals surface area contributed by atoms with Crippen LogP contribution in [0.1, 0.15) is 13.8 Å². The first-order valence-corrected chi connectivity index (χ1v) is 9.13. The van der Waals surface area contributed by atoms with Crippen LogP contribution in [0, 0.1) is 5.92 Å². The number of hydrogen-bond acceptors (Lipinski definition) is 5. The Morgan fingerprint density at radius 2 is 2.05 bits per heavy atom. The van der Waals surface area contributed by atoms with Gasteiger partial charge in [-0.15, -0.1) is 11.8 Å². The molecule has 0 heterocycles. The van der Waals surface area contributed by atoms with Crippen LogP contribution >= 0.6 is 11.8 Å². The molecule has 118 valence electrons. The van der Waals surface area contributed by atoms with E-state index < -0.39 is 22.0 Å². The Morgan fingerprint density at radius 3 is 2.57 bits per heavy atom. The Morgan fingerprint density at radius 1 is 1.38 bits per heavy atom.